The van der Waals surface area contributed by atoms with E-state index in [1.165, 1.54) is 0 Å². The molecule has 0 saturated heterocycles. The van der Waals surface area contributed by atoms with Gasteiger partial charge in [-0.2, -0.15) is 0 Å². The van der Waals surface area contributed by atoms with Crippen LogP contribution in [0.4, 0.5) is 0 Å². The molecule has 4 N–H and O–H groups in total. The first kappa shape index (κ1) is 23.0. The van der Waals surface area contributed by atoms with Gasteiger partial charge in [0.25, 0.3) is 0 Å². The summed E-state index contributed by atoms with van der Waals surface area (Å²) in [5, 5.41) is 17.2. The number of ketones is 1. The molecule has 0 fully saturated rings. The minimum Gasteiger partial charge on any atom is -0.480 e. The van der Waals surface area contributed by atoms with Gasteiger partial charge in [0.1, 0.15) is 11.8 Å². The summed E-state index contributed by atoms with van der Waals surface area (Å²) in [5.41, 5.74) is 0. The van der Waals surface area contributed by atoms with Gasteiger partial charge < -0.3 is 21.1 Å². The van der Waals surface area contributed by atoms with Gasteiger partial charge >= 0.3 is 5.97 Å². The highest BCUT2D eigenvalue weighted by molar-refractivity contribution is 5.84. The van der Waals surface area contributed by atoms with Crippen LogP contribution < -0.4 is 16.0 Å². The summed E-state index contributed by atoms with van der Waals surface area (Å²) in [7, 11) is 1.74. The minimum atomic E-state index is -1.14. The van der Waals surface area contributed by atoms with E-state index in [-0.39, 0.29) is 42.9 Å². The van der Waals surface area contributed by atoms with E-state index in [4.69, 9.17) is 5.11 Å². The van der Waals surface area contributed by atoms with Gasteiger partial charge in [-0.05, 0) is 46.1 Å². The molecule has 2 amide bonds. The molecule has 0 rings (SSSR count). The Labute approximate surface area is 149 Å². The molecule has 0 aromatic carbocycles. The number of carbonyl (C=O) groups is 4. The van der Waals surface area contributed by atoms with Crippen molar-refractivity contribution in [1.29, 1.82) is 0 Å². The molecule has 8 nitrogen and oxygen atoms in total. The Balaban J connectivity index is 3.98. The number of unbranched alkanes of at least 4 members (excludes halogenated alkanes) is 1. The fourth-order valence-corrected chi connectivity index (χ4v) is 2.37. The highest BCUT2D eigenvalue weighted by Gasteiger charge is 2.20. The van der Waals surface area contributed by atoms with Gasteiger partial charge in [0.05, 0.1) is 6.04 Å². The highest BCUT2D eigenvalue weighted by atomic mass is 16.4. The maximum Gasteiger partial charge on any atom is 0.326 e. The molecule has 0 saturated carbocycles. The second-order valence-electron chi connectivity index (χ2n) is 6.04. The van der Waals surface area contributed by atoms with E-state index in [0.717, 1.165) is 12.8 Å². The summed E-state index contributed by atoms with van der Waals surface area (Å²) in [6.45, 7) is 3.85. The zero-order chi connectivity index (χ0) is 19.2. The molecule has 2 unspecified atom stereocenters. The molecule has 144 valence electrons. The molecule has 0 aromatic heterocycles. The molecular weight excluding hydrogens is 326 g/mol. The third kappa shape index (κ3) is 11.3. The van der Waals surface area contributed by atoms with Gasteiger partial charge in [-0.3, -0.25) is 14.4 Å². The molecule has 0 aliphatic rings. The van der Waals surface area contributed by atoms with E-state index in [0.29, 0.717) is 19.4 Å². The van der Waals surface area contributed by atoms with E-state index < -0.39 is 12.0 Å². The molecule has 0 radical (unpaired) electrons. The summed E-state index contributed by atoms with van der Waals surface area (Å²) in [4.78, 5) is 45.6. The zero-order valence-electron chi connectivity index (χ0n) is 15.4. The summed E-state index contributed by atoms with van der Waals surface area (Å²) in [5.74, 6) is -1.61. The molecule has 0 aliphatic heterocycles. The van der Waals surface area contributed by atoms with Crippen LogP contribution >= 0.6 is 0 Å². The number of Topliss-reactive ketones (excluding diaryl/α,β-unsaturated/α-hetero) is 1. The predicted octanol–water partition coefficient (Wildman–Crippen LogP) is 0.600. The fourth-order valence-electron chi connectivity index (χ4n) is 2.37. The predicted molar refractivity (Wildman–Crippen MR) is 94.1 cm³/mol. The second-order valence-corrected chi connectivity index (χ2v) is 6.04. The number of carboxylic acids is 1. The third-order valence-electron chi connectivity index (χ3n) is 3.85. The first-order valence-corrected chi connectivity index (χ1v) is 8.78. The number of rotatable bonds is 14. The molecular formula is C17H31N3O5. The molecule has 0 aliphatic carbocycles. The van der Waals surface area contributed by atoms with Crippen LogP contribution in [0.25, 0.3) is 0 Å². The minimum absolute atomic E-state index is 0.0377. The topological polar surface area (TPSA) is 125 Å². The van der Waals surface area contributed by atoms with Gasteiger partial charge in [-0.1, -0.05) is 6.92 Å². The number of hydrogen-bond donors (Lipinski definition) is 4. The SMILES string of the molecule is CCCC(=O)NC(CCC(=O)NCCCCC(NC)C(C)=O)C(=O)O. The lowest BCUT2D eigenvalue weighted by atomic mass is 10.1. The van der Waals surface area contributed by atoms with Crippen LogP contribution in [0.2, 0.25) is 0 Å². The Morgan fingerprint density at radius 3 is 2.16 bits per heavy atom. The number of carboxylic acid groups (broad SMARTS) is 1. The van der Waals surface area contributed by atoms with Crippen LogP contribution in [0.1, 0.15) is 58.8 Å². The van der Waals surface area contributed by atoms with Gasteiger partial charge in [-0.25, -0.2) is 4.79 Å². The number of aliphatic carboxylic acids is 1. The Bertz CT molecular complexity index is 454. The molecule has 25 heavy (non-hydrogen) atoms. The fraction of sp³-hybridized carbons (Fsp3) is 0.765. The quantitative estimate of drug-likeness (QED) is 0.337. The van der Waals surface area contributed by atoms with Crippen LogP contribution in [0.5, 0.6) is 0 Å². The van der Waals surface area contributed by atoms with Crippen LogP contribution in [0, 0.1) is 0 Å². The Morgan fingerprint density at radius 1 is 0.960 bits per heavy atom. The van der Waals surface area contributed by atoms with Gasteiger partial charge in [-0.15, -0.1) is 0 Å². The van der Waals surface area contributed by atoms with E-state index in [2.05, 4.69) is 16.0 Å². The molecule has 0 spiro atoms. The van der Waals surface area contributed by atoms with E-state index in [1.54, 1.807) is 14.0 Å². The van der Waals surface area contributed by atoms with Crippen molar-refractivity contribution in [3.05, 3.63) is 0 Å². The average Bonchev–Trinajstić information content (AvgIpc) is 2.54. The maximum atomic E-state index is 11.8. The van der Waals surface area contributed by atoms with Crippen molar-refractivity contribution in [3.63, 3.8) is 0 Å². The summed E-state index contributed by atoms with van der Waals surface area (Å²) in [6.07, 6.45) is 3.26. The van der Waals surface area contributed by atoms with Gasteiger partial charge in [0, 0.05) is 19.4 Å². The van der Waals surface area contributed by atoms with E-state index in [9.17, 15) is 19.2 Å². The Hall–Kier alpha value is -1.96. The maximum absolute atomic E-state index is 11.8. The highest BCUT2D eigenvalue weighted by Crippen LogP contribution is 2.02. The smallest absolute Gasteiger partial charge is 0.326 e. The summed E-state index contributed by atoms with van der Waals surface area (Å²) >= 11 is 0. The van der Waals surface area contributed by atoms with Crippen molar-refractivity contribution in [2.24, 2.45) is 0 Å². The number of hydrogen-bond acceptors (Lipinski definition) is 5. The first-order valence-electron chi connectivity index (χ1n) is 8.78. The second kappa shape index (κ2) is 13.3. The normalized spacial score (nSPS) is 12.9. The molecule has 0 bridgehead atoms. The monoisotopic (exact) mass is 357 g/mol. The first-order chi connectivity index (χ1) is 11.8. The Kier molecular flexibility index (Phi) is 12.3. The number of likely N-dealkylation sites (N-methyl/N-ethyl adjacent to an activating group) is 1. The standard InChI is InChI=1S/C17H31N3O5/c1-4-7-16(23)20-14(17(24)25)9-10-15(22)19-11-6-5-8-13(18-3)12(2)21/h13-14,18H,4-11H2,1-3H3,(H,19,22)(H,20,23)(H,24,25). The van der Waals surface area contributed by atoms with Crippen molar-refractivity contribution < 1.29 is 24.3 Å². The summed E-state index contributed by atoms with van der Waals surface area (Å²) in [6, 6.07) is -1.20. The van der Waals surface area contributed by atoms with Crippen molar-refractivity contribution in [3.8, 4) is 0 Å². The third-order valence-corrected chi connectivity index (χ3v) is 3.85. The van der Waals surface area contributed by atoms with E-state index >= 15 is 0 Å². The number of amides is 2. The molecule has 0 heterocycles. The van der Waals surface area contributed by atoms with Crippen LogP contribution in [0.15, 0.2) is 0 Å². The van der Waals surface area contributed by atoms with Gasteiger partial charge in [0.15, 0.2) is 0 Å². The zero-order valence-corrected chi connectivity index (χ0v) is 15.4. The average molecular weight is 357 g/mol. The Morgan fingerprint density at radius 2 is 1.64 bits per heavy atom. The molecule has 2 atom stereocenters. The lowest BCUT2D eigenvalue weighted by Gasteiger charge is -2.14. The molecule has 0 aromatic rings. The van der Waals surface area contributed by atoms with Crippen LogP contribution in [-0.4, -0.2) is 54.3 Å². The molecule has 8 heteroatoms. The van der Waals surface area contributed by atoms with Gasteiger partial charge in [0.2, 0.25) is 11.8 Å². The van der Waals surface area contributed by atoms with Crippen molar-refractivity contribution >= 4 is 23.6 Å². The summed E-state index contributed by atoms with van der Waals surface area (Å²) < 4.78 is 0. The van der Waals surface area contributed by atoms with Crippen molar-refractivity contribution in [2.75, 3.05) is 13.6 Å². The largest absolute Gasteiger partial charge is 0.480 e. The number of nitrogens with one attached hydrogen (secondary N) is 3. The van der Waals surface area contributed by atoms with Crippen molar-refractivity contribution in [1.82, 2.24) is 16.0 Å². The lowest BCUT2D eigenvalue weighted by Crippen LogP contribution is -2.41. The van der Waals surface area contributed by atoms with Crippen molar-refractivity contribution in [2.45, 2.75) is 70.9 Å². The van der Waals surface area contributed by atoms with Crippen LogP contribution in [0.3, 0.4) is 0 Å². The number of carbonyl (C=O) groups excluding carboxylic acids is 3. The van der Waals surface area contributed by atoms with E-state index in [1.807, 2.05) is 6.92 Å². The van der Waals surface area contributed by atoms with Crippen LogP contribution in [-0.2, 0) is 19.2 Å². The lowest BCUT2D eigenvalue weighted by molar-refractivity contribution is -0.142.